The van der Waals surface area contributed by atoms with Gasteiger partial charge in [0, 0.05) is 27.1 Å². The fraction of sp³-hybridized carbons (Fsp3) is 0.188. The number of fused-ring (bicyclic) bond motifs is 1. The monoisotopic (exact) mass is 616 g/mol. The summed E-state index contributed by atoms with van der Waals surface area (Å²) in [5.74, 6) is 0.116. The molecule has 0 atom stereocenters. The van der Waals surface area contributed by atoms with Crippen LogP contribution in [0.15, 0.2) is 98.6 Å². The molecule has 6 nitrogen and oxygen atoms in total. The number of aryl methyl sites for hydroxylation is 2. The second kappa shape index (κ2) is 12.2. The summed E-state index contributed by atoms with van der Waals surface area (Å²) in [7, 11) is 0. The zero-order valence-electron chi connectivity index (χ0n) is 22.5. The van der Waals surface area contributed by atoms with Crippen molar-refractivity contribution in [3.8, 4) is 5.75 Å². The summed E-state index contributed by atoms with van der Waals surface area (Å²) < 4.78 is 14.4. The number of hydrogen-bond donors (Lipinski definition) is 1. The first-order valence-electron chi connectivity index (χ1n) is 13.0. The van der Waals surface area contributed by atoms with E-state index in [1.54, 1.807) is 6.92 Å². The average molecular weight is 618 g/mol. The third-order valence-corrected chi connectivity index (χ3v) is 8.11. The molecular formula is C32H29BrN2O4S. The van der Waals surface area contributed by atoms with Gasteiger partial charge in [-0.05, 0) is 80.4 Å². The molecule has 1 aromatic heterocycles. The summed E-state index contributed by atoms with van der Waals surface area (Å²) >= 11 is 4.84. The number of thioether (sulfide) groups is 1. The zero-order chi connectivity index (χ0) is 28.2. The van der Waals surface area contributed by atoms with Crippen LogP contribution in [0.3, 0.4) is 0 Å². The SMILES string of the molecule is CCOC(=O)C1=C(O)/C(=C/c2cn(CCOc3ccc(C)c(C)c3)c3ccc(Br)cc23)SC1=Nc1ccccc1. The summed E-state index contributed by atoms with van der Waals surface area (Å²) in [5, 5.41) is 12.6. The van der Waals surface area contributed by atoms with E-state index in [0.29, 0.717) is 28.8 Å². The third-order valence-electron chi connectivity index (χ3n) is 6.60. The van der Waals surface area contributed by atoms with Gasteiger partial charge in [0.15, 0.2) is 0 Å². The maximum atomic E-state index is 12.8. The van der Waals surface area contributed by atoms with Gasteiger partial charge < -0.3 is 19.1 Å². The standard InChI is InChI=1S/C32H29BrN2O4S/c1-4-38-32(37)29-30(36)28(40-31(29)34-24-8-6-5-7-9-24)17-22-19-35(27-13-11-23(33)18-26(22)27)14-15-39-25-12-10-20(2)21(3)16-25/h5-13,16-19,36H,4,14-15H2,1-3H3/b28-17-,34-31?. The first-order chi connectivity index (χ1) is 19.3. The summed E-state index contributed by atoms with van der Waals surface area (Å²) in [6.45, 7) is 7.23. The number of aliphatic imine (C=N–C) groups is 1. The van der Waals surface area contributed by atoms with E-state index in [4.69, 9.17) is 9.47 Å². The lowest BCUT2D eigenvalue weighted by Crippen LogP contribution is -2.12. The van der Waals surface area contributed by atoms with Crippen molar-refractivity contribution in [2.24, 2.45) is 4.99 Å². The Hall–Kier alpha value is -3.75. The predicted octanol–water partition coefficient (Wildman–Crippen LogP) is 8.29. The highest BCUT2D eigenvalue weighted by Crippen LogP contribution is 2.41. The van der Waals surface area contributed by atoms with Crippen LogP contribution in [0.4, 0.5) is 5.69 Å². The quantitative estimate of drug-likeness (QED) is 0.202. The Morgan fingerprint density at radius 2 is 1.88 bits per heavy atom. The lowest BCUT2D eigenvalue weighted by Gasteiger charge is -2.10. The van der Waals surface area contributed by atoms with Crippen LogP contribution in [-0.2, 0) is 16.1 Å². The summed E-state index contributed by atoms with van der Waals surface area (Å²) in [6, 6.07) is 21.6. The van der Waals surface area contributed by atoms with Crippen molar-refractivity contribution in [1.29, 1.82) is 0 Å². The molecule has 4 aromatic rings. The smallest absolute Gasteiger partial charge is 0.344 e. The molecule has 1 N–H and O–H groups in total. The molecule has 40 heavy (non-hydrogen) atoms. The molecule has 0 spiro atoms. The Labute approximate surface area is 246 Å². The fourth-order valence-corrected chi connectivity index (χ4v) is 5.80. The Bertz CT molecular complexity index is 1670. The Morgan fingerprint density at radius 3 is 2.62 bits per heavy atom. The van der Waals surface area contributed by atoms with Gasteiger partial charge in [0.25, 0.3) is 0 Å². The van der Waals surface area contributed by atoms with E-state index in [9.17, 15) is 9.90 Å². The second-order valence-electron chi connectivity index (χ2n) is 9.34. The van der Waals surface area contributed by atoms with Crippen molar-refractivity contribution in [2.75, 3.05) is 13.2 Å². The molecule has 0 amide bonds. The van der Waals surface area contributed by atoms with E-state index in [1.165, 1.54) is 22.9 Å². The normalized spacial score (nSPS) is 15.4. The number of nitrogens with zero attached hydrogens (tertiary/aromatic N) is 2. The molecule has 0 saturated carbocycles. The van der Waals surface area contributed by atoms with Gasteiger partial charge in [-0.3, -0.25) is 0 Å². The fourth-order valence-electron chi connectivity index (χ4n) is 4.42. The van der Waals surface area contributed by atoms with Crippen LogP contribution in [0.5, 0.6) is 5.75 Å². The molecule has 0 saturated heterocycles. The Kier molecular flexibility index (Phi) is 8.47. The molecule has 0 radical (unpaired) electrons. The van der Waals surface area contributed by atoms with Crippen molar-refractivity contribution in [3.05, 3.63) is 110 Å². The van der Waals surface area contributed by atoms with Crippen LogP contribution in [0.2, 0.25) is 0 Å². The number of esters is 1. The van der Waals surface area contributed by atoms with Crippen LogP contribution in [-0.4, -0.2) is 33.9 Å². The number of carbonyl (C=O) groups is 1. The van der Waals surface area contributed by atoms with Crippen molar-refractivity contribution in [2.45, 2.75) is 27.3 Å². The number of carbonyl (C=O) groups excluding carboxylic acids is 1. The third kappa shape index (κ3) is 6.03. The zero-order valence-corrected chi connectivity index (χ0v) is 24.9. The second-order valence-corrected chi connectivity index (χ2v) is 11.3. The van der Waals surface area contributed by atoms with Gasteiger partial charge in [0.1, 0.15) is 28.7 Å². The van der Waals surface area contributed by atoms with E-state index in [0.717, 1.165) is 26.7 Å². The summed E-state index contributed by atoms with van der Waals surface area (Å²) in [4.78, 5) is 18.0. The number of ether oxygens (including phenoxy) is 2. The van der Waals surface area contributed by atoms with Gasteiger partial charge in [0.05, 0.1) is 23.7 Å². The molecule has 0 bridgehead atoms. The van der Waals surface area contributed by atoms with Gasteiger partial charge >= 0.3 is 5.97 Å². The molecule has 0 aliphatic carbocycles. The predicted molar refractivity (Wildman–Crippen MR) is 166 cm³/mol. The van der Waals surface area contributed by atoms with E-state index >= 15 is 0 Å². The van der Waals surface area contributed by atoms with E-state index < -0.39 is 5.97 Å². The highest BCUT2D eigenvalue weighted by atomic mass is 79.9. The molecule has 8 heteroatoms. The number of hydrogen-bond acceptors (Lipinski definition) is 6. The molecule has 3 aromatic carbocycles. The molecule has 0 fully saturated rings. The van der Waals surface area contributed by atoms with E-state index in [1.807, 2.05) is 60.8 Å². The van der Waals surface area contributed by atoms with Crippen molar-refractivity contribution >= 4 is 61.4 Å². The lowest BCUT2D eigenvalue weighted by atomic mass is 10.1. The number of aliphatic hydroxyl groups excluding tert-OH is 1. The number of para-hydroxylation sites is 1. The van der Waals surface area contributed by atoms with Crippen LogP contribution in [0.1, 0.15) is 23.6 Å². The minimum Gasteiger partial charge on any atom is -0.506 e. The van der Waals surface area contributed by atoms with Crippen molar-refractivity contribution in [1.82, 2.24) is 4.57 Å². The van der Waals surface area contributed by atoms with Gasteiger partial charge in [-0.25, -0.2) is 9.79 Å². The average Bonchev–Trinajstić information content (AvgIpc) is 3.43. The molecule has 204 valence electrons. The van der Waals surface area contributed by atoms with Crippen LogP contribution >= 0.6 is 27.7 Å². The Morgan fingerprint density at radius 1 is 1.07 bits per heavy atom. The van der Waals surface area contributed by atoms with Crippen molar-refractivity contribution < 1.29 is 19.4 Å². The first kappa shape index (κ1) is 27.8. The molecule has 1 aliphatic heterocycles. The molecule has 2 heterocycles. The molecular weight excluding hydrogens is 588 g/mol. The topological polar surface area (TPSA) is 73.0 Å². The Balaban J connectivity index is 1.48. The van der Waals surface area contributed by atoms with Gasteiger partial charge in [-0.2, -0.15) is 0 Å². The maximum absolute atomic E-state index is 12.8. The highest BCUT2D eigenvalue weighted by Gasteiger charge is 2.33. The number of benzene rings is 3. The van der Waals surface area contributed by atoms with E-state index in [-0.39, 0.29) is 17.9 Å². The first-order valence-corrected chi connectivity index (χ1v) is 14.6. The highest BCUT2D eigenvalue weighted by molar-refractivity contribution is 9.10. The van der Waals surface area contributed by atoms with Gasteiger partial charge in [-0.15, -0.1) is 0 Å². The van der Waals surface area contributed by atoms with E-state index in [2.05, 4.69) is 57.5 Å². The van der Waals surface area contributed by atoms with Gasteiger partial charge in [-0.1, -0.05) is 52.0 Å². The van der Waals surface area contributed by atoms with Crippen LogP contribution < -0.4 is 4.74 Å². The van der Waals surface area contributed by atoms with Crippen LogP contribution in [0, 0.1) is 13.8 Å². The van der Waals surface area contributed by atoms with Crippen LogP contribution in [0.25, 0.3) is 17.0 Å². The summed E-state index contributed by atoms with van der Waals surface area (Å²) in [6.07, 6.45) is 3.93. The molecule has 0 unspecified atom stereocenters. The van der Waals surface area contributed by atoms with Gasteiger partial charge in [0.2, 0.25) is 0 Å². The minimum absolute atomic E-state index is 0.0775. The summed E-state index contributed by atoms with van der Waals surface area (Å²) in [5.41, 5.74) is 5.13. The number of aromatic nitrogens is 1. The molecule has 5 rings (SSSR count). The number of aliphatic hydroxyl groups is 1. The molecule has 1 aliphatic rings. The largest absolute Gasteiger partial charge is 0.506 e. The number of halogens is 1. The van der Waals surface area contributed by atoms with Crippen molar-refractivity contribution in [3.63, 3.8) is 0 Å². The number of rotatable bonds is 8. The maximum Gasteiger partial charge on any atom is 0.344 e. The minimum atomic E-state index is -0.598. The lowest BCUT2D eigenvalue weighted by molar-refractivity contribution is -0.138.